The van der Waals surface area contributed by atoms with Gasteiger partial charge in [-0.15, -0.1) is 0 Å². The van der Waals surface area contributed by atoms with Gasteiger partial charge in [0.05, 0.1) is 7.11 Å². The molecule has 1 aromatic rings. The van der Waals surface area contributed by atoms with E-state index in [2.05, 4.69) is 0 Å². The van der Waals surface area contributed by atoms with Crippen LogP contribution in [0.4, 0.5) is 0 Å². The number of hydrogen-bond donors (Lipinski definition) is 1. The first-order valence-electron chi connectivity index (χ1n) is 7.49. The summed E-state index contributed by atoms with van der Waals surface area (Å²) in [7, 11) is 1.64. The molecule has 2 N–H and O–H groups in total. The predicted molar refractivity (Wildman–Crippen MR) is 85.1 cm³/mol. The second kappa shape index (κ2) is 7.27. The topological polar surface area (TPSA) is 55.6 Å². The molecule has 4 heteroatoms. The summed E-state index contributed by atoms with van der Waals surface area (Å²) < 4.78 is 5.15. The fraction of sp³-hybridized carbons (Fsp3) is 0.471. The van der Waals surface area contributed by atoms with Crippen molar-refractivity contribution in [1.29, 1.82) is 0 Å². The lowest BCUT2D eigenvalue weighted by Gasteiger charge is -2.34. The minimum Gasteiger partial charge on any atom is -0.497 e. The van der Waals surface area contributed by atoms with E-state index in [9.17, 15) is 4.79 Å². The van der Waals surface area contributed by atoms with Gasteiger partial charge in [-0.05, 0) is 49.5 Å². The van der Waals surface area contributed by atoms with Crippen LogP contribution in [-0.2, 0) is 4.79 Å². The number of allylic oxidation sites excluding steroid dienone is 1. The van der Waals surface area contributed by atoms with E-state index < -0.39 is 0 Å². The lowest BCUT2D eigenvalue weighted by molar-refractivity contribution is -0.129. The van der Waals surface area contributed by atoms with Crippen molar-refractivity contribution < 1.29 is 9.53 Å². The molecule has 1 fully saturated rings. The van der Waals surface area contributed by atoms with E-state index in [-0.39, 0.29) is 11.9 Å². The van der Waals surface area contributed by atoms with Gasteiger partial charge in [-0.1, -0.05) is 12.1 Å². The van der Waals surface area contributed by atoms with Crippen LogP contribution in [0.25, 0.3) is 5.57 Å². The quantitative estimate of drug-likeness (QED) is 0.866. The number of benzene rings is 1. The molecule has 1 aromatic carbocycles. The highest BCUT2D eigenvalue weighted by atomic mass is 16.5. The maximum atomic E-state index is 12.4. The Balaban J connectivity index is 2.10. The Morgan fingerprint density at radius 1 is 1.38 bits per heavy atom. The number of hydrogen-bond acceptors (Lipinski definition) is 3. The first-order chi connectivity index (χ1) is 10.2. The fourth-order valence-corrected chi connectivity index (χ4v) is 2.74. The highest BCUT2D eigenvalue weighted by Crippen LogP contribution is 2.21. The maximum Gasteiger partial charge on any atom is 0.247 e. The van der Waals surface area contributed by atoms with Gasteiger partial charge in [0.25, 0.3) is 0 Å². The lowest BCUT2D eigenvalue weighted by atomic mass is 10.0. The Labute approximate surface area is 126 Å². The summed E-state index contributed by atoms with van der Waals surface area (Å²) in [6.07, 6.45) is 4.96. The van der Waals surface area contributed by atoms with Crippen LogP contribution in [-0.4, -0.2) is 37.0 Å². The number of rotatable bonds is 4. The van der Waals surface area contributed by atoms with Gasteiger partial charge in [0.15, 0.2) is 0 Å². The normalized spacial score (nSPS) is 19.5. The second-order valence-electron chi connectivity index (χ2n) is 5.47. The molecule has 1 saturated heterocycles. The molecule has 21 heavy (non-hydrogen) atoms. The van der Waals surface area contributed by atoms with Gasteiger partial charge in [0, 0.05) is 25.2 Å². The molecule has 1 amide bonds. The predicted octanol–water partition coefficient (Wildman–Crippen LogP) is 2.44. The van der Waals surface area contributed by atoms with E-state index in [0.717, 1.165) is 42.7 Å². The second-order valence-corrected chi connectivity index (χ2v) is 5.47. The smallest absolute Gasteiger partial charge is 0.247 e. The summed E-state index contributed by atoms with van der Waals surface area (Å²) >= 11 is 0. The average molecular weight is 288 g/mol. The molecule has 4 nitrogen and oxygen atoms in total. The summed E-state index contributed by atoms with van der Waals surface area (Å²) in [5.74, 6) is 0.885. The number of nitrogens with two attached hydrogens (primary N) is 1. The summed E-state index contributed by atoms with van der Waals surface area (Å²) in [6.45, 7) is 3.31. The molecule has 1 unspecified atom stereocenters. The van der Waals surface area contributed by atoms with E-state index in [0.29, 0.717) is 6.54 Å². The summed E-state index contributed by atoms with van der Waals surface area (Å²) in [6, 6.07) is 7.93. The largest absolute Gasteiger partial charge is 0.497 e. The van der Waals surface area contributed by atoms with Crippen LogP contribution in [0.2, 0.25) is 0 Å². The van der Waals surface area contributed by atoms with Gasteiger partial charge in [0.1, 0.15) is 5.75 Å². The molecule has 1 heterocycles. The van der Waals surface area contributed by atoms with Crippen molar-refractivity contribution in [2.45, 2.75) is 32.2 Å². The van der Waals surface area contributed by atoms with Gasteiger partial charge < -0.3 is 15.4 Å². The third kappa shape index (κ3) is 3.85. The SMILES string of the molecule is COc1ccc(C(C)=CC(=O)N2CCCCC2CN)cc1. The number of methoxy groups -OCH3 is 1. The van der Waals surface area contributed by atoms with Crippen molar-refractivity contribution in [2.24, 2.45) is 5.73 Å². The number of amides is 1. The zero-order valence-electron chi connectivity index (χ0n) is 12.8. The van der Waals surface area contributed by atoms with E-state index in [1.807, 2.05) is 36.1 Å². The third-order valence-corrected chi connectivity index (χ3v) is 4.07. The Bertz CT molecular complexity index is 508. The van der Waals surface area contributed by atoms with Crippen LogP contribution in [0.5, 0.6) is 5.75 Å². The maximum absolute atomic E-state index is 12.4. The Hall–Kier alpha value is -1.81. The molecule has 1 aliphatic rings. The third-order valence-electron chi connectivity index (χ3n) is 4.07. The number of likely N-dealkylation sites (tertiary alicyclic amines) is 1. The highest BCUT2D eigenvalue weighted by molar-refractivity contribution is 5.95. The Kier molecular flexibility index (Phi) is 5.39. The minimum atomic E-state index is 0.0680. The van der Waals surface area contributed by atoms with Crippen molar-refractivity contribution in [3.05, 3.63) is 35.9 Å². The van der Waals surface area contributed by atoms with E-state index in [4.69, 9.17) is 10.5 Å². The number of ether oxygens (including phenoxy) is 1. The van der Waals surface area contributed by atoms with Crippen LogP contribution in [0.15, 0.2) is 30.3 Å². The molecule has 0 spiro atoms. The number of carbonyl (C=O) groups excluding carboxylic acids is 1. The lowest BCUT2D eigenvalue weighted by Crippen LogP contribution is -2.46. The first kappa shape index (κ1) is 15.6. The van der Waals surface area contributed by atoms with Crippen LogP contribution in [0, 0.1) is 0 Å². The molecule has 0 saturated carbocycles. The fourth-order valence-electron chi connectivity index (χ4n) is 2.74. The van der Waals surface area contributed by atoms with Crippen molar-refractivity contribution in [1.82, 2.24) is 4.90 Å². The monoisotopic (exact) mass is 288 g/mol. The number of carbonyl (C=O) groups is 1. The molecule has 1 atom stereocenters. The van der Waals surface area contributed by atoms with Crippen LogP contribution in [0.3, 0.4) is 0 Å². The van der Waals surface area contributed by atoms with Gasteiger partial charge in [-0.25, -0.2) is 0 Å². The van der Waals surface area contributed by atoms with Gasteiger partial charge in [-0.3, -0.25) is 4.79 Å². The zero-order valence-corrected chi connectivity index (χ0v) is 12.8. The number of nitrogens with zero attached hydrogens (tertiary/aromatic N) is 1. The molecule has 0 aromatic heterocycles. The summed E-state index contributed by atoms with van der Waals surface area (Å²) in [5, 5.41) is 0. The van der Waals surface area contributed by atoms with Crippen LogP contribution < -0.4 is 10.5 Å². The zero-order chi connectivity index (χ0) is 15.2. The molecule has 2 rings (SSSR count). The van der Waals surface area contributed by atoms with Crippen LogP contribution >= 0.6 is 0 Å². The molecule has 0 aliphatic carbocycles. The van der Waals surface area contributed by atoms with Gasteiger partial charge in [0.2, 0.25) is 5.91 Å². The minimum absolute atomic E-state index is 0.0680. The standard InChI is InChI=1S/C17H24N2O2/c1-13(14-6-8-16(21-2)9-7-14)11-17(20)19-10-4-3-5-15(19)12-18/h6-9,11,15H,3-5,10,12,18H2,1-2H3. The molecule has 0 bridgehead atoms. The van der Waals surface area contributed by atoms with Crippen molar-refractivity contribution in [2.75, 3.05) is 20.2 Å². The van der Waals surface area contributed by atoms with E-state index in [1.165, 1.54) is 0 Å². The van der Waals surface area contributed by atoms with Gasteiger partial charge in [-0.2, -0.15) is 0 Å². The van der Waals surface area contributed by atoms with Gasteiger partial charge >= 0.3 is 0 Å². The Morgan fingerprint density at radius 2 is 2.10 bits per heavy atom. The summed E-state index contributed by atoms with van der Waals surface area (Å²) in [4.78, 5) is 14.4. The highest BCUT2D eigenvalue weighted by Gasteiger charge is 2.24. The summed E-state index contributed by atoms with van der Waals surface area (Å²) in [5.41, 5.74) is 7.77. The molecule has 0 radical (unpaired) electrons. The first-order valence-corrected chi connectivity index (χ1v) is 7.49. The molecular formula is C17H24N2O2. The van der Waals surface area contributed by atoms with Crippen LogP contribution in [0.1, 0.15) is 31.7 Å². The van der Waals surface area contributed by atoms with Crippen molar-refractivity contribution >= 4 is 11.5 Å². The molecular weight excluding hydrogens is 264 g/mol. The Morgan fingerprint density at radius 3 is 2.71 bits per heavy atom. The van der Waals surface area contributed by atoms with E-state index in [1.54, 1.807) is 13.2 Å². The van der Waals surface area contributed by atoms with E-state index >= 15 is 0 Å². The average Bonchev–Trinajstić information content (AvgIpc) is 2.54. The molecule has 1 aliphatic heterocycles. The number of piperidine rings is 1. The molecule has 114 valence electrons. The van der Waals surface area contributed by atoms with Crippen molar-refractivity contribution in [3.8, 4) is 5.75 Å². The van der Waals surface area contributed by atoms with Crippen molar-refractivity contribution in [3.63, 3.8) is 0 Å².